The van der Waals surface area contributed by atoms with Crippen LogP contribution in [0.1, 0.15) is 42.0 Å². The van der Waals surface area contributed by atoms with Gasteiger partial charge < -0.3 is 5.11 Å². The van der Waals surface area contributed by atoms with Gasteiger partial charge in [-0.25, -0.2) is 14.5 Å². The van der Waals surface area contributed by atoms with E-state index in [-0.39, 0.29) is 5.56 Å². The molecule has 1 aliphatic rings. The Bertz CT molecular complexity index is 633. The number of aryl methyl sites for hydroxylation is 1. The minimum atomic E-state index is -0.931. The van der Waals surface area contributed by atoms with Gasteiger partial charge in [0.15, 0.2) is 5.82 Å². The fourth-order valence-corrected chi connectivity index (χ4v) is 2.47. The average molecular weight is 257 g/mol. The zero-order chi connectivity index (χ0) is 13.4. The van der Waals surface area contributed by atoms with Gasteiger partial charge in [0, 0.05) is 12.0 Å². The van der Waals surface area contributed by atoms with Crippen LogP contribution >= 0.6 is 0 Å². The number of hydrogen-bond donors (Lipinski definition) is 1. The summed E-state index contributed by atoms with van der Waals surface area (Å²) in [5, 5.41) is 13.5. The van der Waals surface area contributed by atoms with Gasteiger partial charge in [-0.1, -0.05) is 12.1 Å². The molecule has 0 amide bonds. The molecule has 1 aromatic carbocycles. The number of carboxylic acid groups (broad SMARTS) is 1. The lowest BCUT2D eigenvalue weighted by Gasteiger charge is -2.18. The second kappa shape index (κ2) is 4.50. The van der Waals surface area contributed by atoms with Crippen LogP contribution in [0.3, 0.4) is 0 Å². The molecule has 0 saturated carbocycles. The van der Waals surface area contributed by atoms with Gasteiger partial charge in [0.1, 0.15) is 5.82 Å². The third-order valence-corrected chi connectivity index (χ3v) is 3.51. The van der Waals surface area contributed by atoms with Crippen molar-refractivity contribution in [2.75, 3.05) is 0 Å². The van der Waals surface area contributed by atoms with Crippen molar-refractivity contribution in [3.05, 3.63) is 35.7 Å². The van der Waals surface area contributed by atoms with Crippen molar-refractivity contribution in [3.63, 3.8) is 0 Å². The molecule has 1 atom stereocenters. The first-order valence-corrected chi connectivity index (χ1v) is 6.44. The molecule has 3 rings (SSSR count). The molecule has 0 aliphatic carbocycles. The van der Waals surface area contributed by atoms with Crippen molar-refractivity contribution < 1.29 is 9.90 Å². The molecule has 19 heavy (non-hydrogen) atoms. The van der Waals surface area contributed by atoms with E-state index in [1.54, 1.807) is 18.2 Å². The molecule has 1 unspecified atom stereocenters. The van der Waals surface area contributed by atoms with Crippen molar-refractivity contribution in [1.29, 1.82) is 0 Å². The third kappa shape index (κ3) is 2.12. The van der Waals surface area contributed by atoms with E-state index in [2.05, 4.69) is 17.0 Å². The Hall–Kier alpha value is -2.17. The zero-order valence-corrected chi connectivity index (χ0v) is 10.7. The van der Waals surface area contributed by atoms with Gasteiger partial charge >= 0.3 is 5.97 Å². The lowest BCUT2D eigenvalue weighted by Crippen LogP contribution is -2.16. The van der Waals surface area contributed by atoms with Gasteiger partial charge in [0.2, 0.25) is 0 Å². The number of benzene rings is 1. The Morgan fingerprint density at radius 2 is 2.32 bits per heavy atom. The first kappa shape index (κ1) is 11.9. The van der Waals surface area contributed by atoms with E-state index < -0.39 is 5.97 Å². The molecular formula is C14H15N3O2. The van der Waals surface area contributed by atoms with Crippen LogP contribution in [-0.2, 0) is 6.42 Å². The van der Waals surface area contributed by atoms with Gasteiger partial charge in [0.05, 0.1) is 11.6 Å². The highest BCUT2D eigenvalue weighted by atomic mass is 16.4. The summed E-state index contributed by atoms with van der Waals surface area (Å²) in [4.78, 5) is 15.5. The van der Waals surface area contributed by atoms with Gasteiger partial charge in [-0.05, 0) is 31.9 Å². The fourth-order valence-electron chi connectivity index (χ4n) is 2.47. The molecule has 0 fully saturated rings. The molecule has 2 heterocycles. The smallest absolute Gasteiger partial charge is 0.335 e. The quantitative estimate of drug-likeness (QED) is 0.897. The number of fused-ring (bicyclic) bond motifs is 1. The van der Waals surface area contributed by atoms with Crippen molar-refractivity contribution in [1.82, 2.24) is 14.8 Å². The molecule has 5 heteroatoms. The van der Waals surface area contributed by atoms with Crippen LogP contribution < -0.4 is 0 Å². The molecule has 0 bridgehead atoms. The Kier molecular flexibility index (Phi) is 2.81. The number of hydrogen-bond acceptors (Lipinski definition) is 3. The van der Waals surface area contributed by atoms with Crippen LogP contribution in [0.5, 0.6) is 0 Å². The highest BCUT2D eigenvalue weighted by Gasteiger charge is 2.20. The van der Waals surface area contributed by atoms with E-state index in [1.807, 2.05) is 10.7 Å². The first-order chi connectivity index (χ1) is 9.15. The van der Waals surface area contributed by atoms with Crippen LogP contribution in [0.15, 0.2) is 24.3 Å². The molecule has 0 saturated heterocycles. The van der Waals surface area contributed by atoms with E-state index in [9.17, 15) is 4.79 Å². The van der Waals surface area contributed by atoms with Crippen molar-refractivity contribution in [2.45, 2.75) is 32.2 Å². The second-order valence-electron chi connectivity index (χ2n) is 4.92. The predicted octanol–water partition coefficient (Wildman–Crippen LogP) is 2.54. The SMILES string of the molecule is CC1CCCc2nc(-c3cccc(C(=O)O)c3)nn21. The normalized spacial score (nSPS) is 18.1. The maximum Gasteiger partial charge on any atom is 0.335 e. The maximum absolute atomic E-state index is 11.0. The van der Waals surface area contributed by atoms with E-state index in [1.165, 1.54) is 0 Å². The van der Waals surface area contributed by atoms with Crippen LogP contribution in [0.4, 0.5) is 0 Å². The van der Waals surface area contributed by atoms with Gasteiger partial charge in [-0.2, -0.15) is 5.10 Å². The Morgan fingerprint density at radius 1 is 1.47 bits per heavy atom. The first-order valence-electron chi connectivity index (χ1n) is 6.44. The maximum atomic E-state index is 11.0. The molecule has 2 aromatic rings. The van der Waals surface area contributed by atoms with E-state index in [4.69, 9.17) is 5.11 Å². The van der Waals surface area contributed by atoms with Gasteiger partial charge in [-0.3, -0.25) is 0 Å². The molecule has 5 nitrogen and oxygen atoms in total. The second-order valence-corrected chi connectivity index (χ2v) is 4.92. The number of carbonyl (C=O) groups is 1. The van der Waals surface area contributed by atoms with Crippen LogP contribution in [0.25, 0.3) is 11.4 Å². The van der Waals surface area contributed by atoms with Crippen LogP contribution in [0.2, 0.25) is 0 Å². The standard InChI is InChI=1S/C14H15N3O2/c1-9-4-2-7-12-15-13(16-17(9)12)10-5-3-6-11(8-10)14(18)19/h3,5-6,8-9H,2,4,7H2,1H3,(H,18,19). The Morgan fingerprint density at radius 3 is 3.05 bits per heavy atom. The molecule has 1 aromatic heterocycles. The van der Waals surface area contributed by atoms with Gasteiger partial charge in [-0.15, -0.1) is 0 Å². The Balaban J connectivity index is 2.03. The summed E-state index contributed by atoms with van der Waals surface area (Å²) >= 11 is 0. The summed E-state index contributed by atoms with van der Waals surface area (Å²) in [6.07, 6.45) is 3.19. The average Bonchev–Trinajstić information content (AvgIpc) is 2.84. The van der Waals surface area contributed by atoms with Crippen molar-refractivity contribution in [2.24, 2.45) is 0 Å². The zero-order valence-electron chi connectivity index (χ0n) is 10.7. The van der Waals surface area contributed by atoms with Crippen LogP contribution in [0, 0.1) is 0 Å². The number of aromatic carboxylic acids is 1. The largest absolute Gasteiger partial charge is 0.478 e. The third-order valence-electron chi connectivity index (χ3n) is 3.51. The van der Waals surface area contributed by atoms with E-state index in [0.717, 1.165) is 30.7 Å². The monoisotopic (exact) mass is 257 g/mol. The topological polar surface area (TPSA) is 68.0 Å². The van der Waals surface area contributed by atoms with E-state index >= 15 is 0 Å². The molecule has 1 aliphatic heterocycles. The summed E-state index contributed by atoms with van der Waals surface area (Å²) in [5.74, 6) is 0.681. The van der Waals surface area contributed by atoms with Crippen molar-refractivity contribution in [3.8, 4) is 11.4 Å². The molecule has 0 spiro atoms. The lowest BCUT2D eigenvalue weighted by molar-refractivity contribution is 0.0697. The minimum Gasteiger partial charge on any atom is -0.478 e. The molecular weight excluding hydrogens is 242 g/mol. The number of carboxylic acids is 1. The van der Waals surface area contributed by atoms with Gasteiger partial charge in [0.25, 0.3) is 0 Å². The fraction of sp³-hybridized carbons (Fsp3) is 0.357. The number of nitrogens with zero attached hydrogens (tertiary/aromatic N) is 3. The predicted molar refractivity (Wildman–Crippen MR) is 70.1 cm³/mol. The summed E-state index contributed by atoms with van der Waals surface area (Å²) < 4.78 is 1.96. The number of rotatable bonds is 2. The summed E-state index contributed by atoms with van der Waals surface area (Å²) in [6.45, 7) is 2.13. The summed E-state index contributed by atoms with van der Waals surface area (Å²) in [6, 6.07) is 7.13. The minimum absolute atomic E-state index is 0.262. The van der Waals surface area contributed by atoms with E-state index in [0.29, 0.717) is 11.9 Å². The lowest BCUT2D eigenvalue weighted by atomic mass is 10.1. The summed E-state index contributed by atoms with van der Waals surface area (Å²) in [5.41, 5.74) is 1.02. The molecule has 1 N–H and O–H groups in total. The molecule has 0 radical (unpaired) electrons. The highest BCUT2D eigenvalue weighted by molar-refractivity contribution is 5.89. The number of aromatic nitrogens is 3. The highest BCUT2D eigenvalue weighted by Crippen LogP contribution is 2.25. The molecule has 98 valence electrons. The van der Waals surface area contributed by atoms with Crippen LogP contribution in [-0.4, -0.2) is 25.8 Å². The summed E-state index contributed by atoms with van der Waals surface area (Å²) in [7, 11) is 0. The van der Waals surface area contributed by atoms with Crippen molar-refractivity contribution >= 4 is 5.97 Å². The Labute approximate surface area is 110 Å².